The van der Waals surface area contributed by atoms with Crippen molar-refractivity contribution < 1.29 is 4.79 Å². The number of benzene rings is 1. The molecule has 4 nitrogen and oxygen atoms in total. The van der Waals surface area contributed by atoms with Crippen LogP contribution in [0.4, 0.5) is 5.69 Å². The first-order valence-electron chi connectivity index (χ1n) is 7.82. The van der Waals surface area contributed by atoms with Crippen molar-refractivity contribution in [2.45, 2.75) is 19.8 Å². The standard InChI is InChI=1S/C17H27N3O/c1-4-14-11-20(12-14)13-17(21)18-16-7-5-15(6-8-16)9-10-19(2)3/h5-8,14H,4,9-13H2,1-3H3,(H,18,21). The van der Waals surface area contributed by atoms with Crippen LogP contribution in [0.3, 0.4) is 0 Å². The molecule has 1 amide bonds. The van der Waals surface area contributed by atoms with Gasteiger partial charge in [0.1, 0.15) is 0 Å². The van der Waals surface area contributed by atoms with Gasteiger partial charge in [-0.1, -0.05) is 25.5 Å². The number of hydrogen-bond acceptors (Lipinski definition) is 3. The van der Waals surface area contributed by atoms with E-state index in [1.807, 2.05) is 12.1 Å². The minimum atomic E-state index is 0.0885. The molecule has 0 spiro atoms. The summed E-state index contributed by atoms with van der Waals surface area (Å²) in [4.78, 5) is 16.3. The van der Waals surface area contributed by atoms with Crippen LogP contribution >= 0.6 is 0 Å². The van der Waals surface area contributed by atoms with Crippen LogP contribution in [-0.4, -0.2) is 56.0 Å². The normalized spacial score (nSPS) is 16.0. The maximum Gasteiger partial charge on any atom is 0.238 e. The van der Waals surface area contributed by atoms with Crippen LogP contribution < -0.4 is 5.32 Å². The van der Waals surface area contributed by atoms with Crippen LogP contribution in [0, 0.1) is 5.92 Å². The molecule has 0 aliphatic carbocycles. The van der Waals surface area contributed by atoms with Gasteiger partial charge in [0.05, 0.1) is 6.54 Å². The SMILES string of the molecule is CCC1CN(CC(=O)Nc2ccc(CCN(C)C)cc2)C1. The number of carbonyl (C=O) groups is 1. The Morgan fingerprint density at radius 2 is 1.95 bits per heavy atom. The summed E-state index contributed by atoms with van der Waals surface area (Å²) in [5.41, 5.74) is 2.19. The summed E-state index contributed by atoms with van der Waals surface area (Å²) < 4.78 is 0. The Hall–Kier alpha value is -1.39. The van der Waals surface area contributed by atoms with E-state index in [1.165, 1.54) is 12.0 Å². The number of likely N-dealkylation sites (tertiary alicyclic amines) is 1. The Kier molecular flexibility index (Phi) is 5.76. The molecule has 0 atom stereocenters. The lowest BCUT2D eigenvalue weighted by atomic mass is 9.97. The molecule has 1 N–H and O–H groups in total. The van der Waals surface area contributed by atoms with Crippen molar-refractivity contribution in [3.8, 4) is 0 Å². The molecule has 1 aliphatic rings. The van der Waals surface area contributed by atoms with Gasteiger partial charge in [-0.3, -0.25) is 9.69 Å². The summed E-state index contributed by atoms with van der Waals surface area (Å²) in [5, 5.41) is 2.97. The molecule has 116 valence electrons. The predicted molar refractivity (Wildman–Crippen MR) is 87.6 cm³/mol. The molecule has 1 fully saturated rings. The zero-order valence-electron chi connectivity index (χ0n) is 13.4. The third kappa shape index (κ3) is 5.14. The number of likely N-dealkylation sites (N-methyl/N-ethyl adjacent to an activating group) is 1. The molecular formula is C17H27N3O. The number of hydrogen-bond donors (Lipinski definition) is 1. The highest BCUT2D eigenvalue weighted by molar-refractivity contribution is 5.92. The Bertz CT molecular complexity index is 450. The average Bonchev–Trinajstić information content (AvgIpc) is 2.41. The number of nitrogens with zero attached hydrogens (tertiary/aromatic N) is 2. The average molecular weight is 289 g/mol. The lowest BCUT2D eigenvalue weighted by molar-refractivity contribution is -0.118. The fourth-order valence-electron chi connectivity index (χ4n) is 2.58. The van der Waals surface area contributed by atoms with Crippen molar-refractivity contribution in [3.05, 3.63) is 29.8 Å². The van der Waals surface area contributed by atoms with E-state index in [0.717, 1.165) is 37.7 Å². The van der Waals surface area contributed by atoms with Crippen molar-refractivity contribution in [3.63, 3.8) is 0 Å². The summed E-state index contributed by atoms with van der Waals surface area (Å²) in [6.07, 6.45) is 2.25. The molecule has 1 heterocycles. The molecule has 0 bridgehead atoms. The molecule has 1 aromatic carbocycles. The van der Waals surface area contributed by atoms with E-state index in [1.54, 1.807) is 0 Å². The van der Waals surface area contributed by atoms with Crippen molar-refractivity contribution in [2.75, 3.05) is 45.6 Å². The zero-order valence-corrected chi connectivity index (χ0v) is 13.4. The van der Waals surface area contributed by atoms with Crippen LogP contribution in [0.1, 0.15) is 18.9 Å². The molecule has 1 saturated heterocycles. The van der Waals surface area contributed by atoms with Crippen molar-refractivity contribution in [1.29, 1.82) is 0 Å². The van der Waals surface area contributed by atoms with Crippen molar-refractivity contribution >= 4 is 11.6 Å². The first-order chi connectivity index (χ1) is 10.1. The zero-order chi connectivity index (χ0) is 15.2. The second-order valence-electron chi connectivity index (χ2n) is 6.27. The van der Waals surface area contributed by atoms with Gasteiger partial charge in [-0.2, -0.15) is 0 Å². The van der Waals surface area contributed by atoms with Gasteiger partial charge < -0.3 is 10.2 Å². The summed E-state index contributed by atoms with van der Waals surface area (Å²) in [6.45, 7) is 5.89. The molecule has 0 saturated carbocycles. The van der Waals surface area contributed by atoms with Crippen LogP contribution in [0.5, 0.6) is 0 Å². The van der Waals surface area contributed by atoms with Gasteiger partial charge in [0.25, 0.3) is 0 Å². The summed E-state index contributed by atoms with van der Waals surface area (Å²) in [5.74, 6) is 0.874. The number of carbonyl (C=O) groups excluding carboxylic acids is 1. The summed E-state index contributed by atoms with van der Waals surface area (Å²) in [7, 11) is 4.15. The number of nitrogens with one attached hydrogen (secondary N) is 1. The molecule has 1 aromatic rings. The fourth-order valence-corrected chi connectivity index (χ4v) is 2.58. The number of rotatable bonds is 7. The van der Waals surface area contributed by atoms with E-state index in [2.05, 4.69) is 48.3 Å². The number of amides is 1. The highest BCUT2D eigenvalue weighted by Gasteiger charge is 2.26. The van der Waals surface area contributed by atoms with Crippen LogP contribution in [0.2, 0.25) is 0 Å². The van der Waals surface area contributed by atoms with E-state index < -0.39 is 0 Å². The van der Waals surface area contributed by atoms with Gasteiger partial charge in [-0.05, 0) is 44.1 Å². The molecule has 4 heteroatoms. The first kappa shape index (κ1) is 16.0. The largest absolute Gasteiger partial charge is 0.325 e. The number of anilines is 1. The van der Waals surface area contributed by atoms with Gasteiger partial charge in [0.15, 0.2) is 0 Å². The second-order valence-corrected chi connectivity index (χ2v) is 6.27. The third-order valence-electron chi connectivity index (χ3n) is 4.06. The van der Waals surface area contributed by atoms with Crippen LogP contribution in [0.15, 0.2) is 24.3 Å². The Morgan fingerprint density at radius 1 is 1.29 bits per heavy atom. The van der Waals surface area contributed by atoms with Crippen molar-refractivity contribution in [2.24, 2.45) is 5.92 Å². The Balaban J connectivity index is 1.73. The lowest BCUT2D eigenvalue weighted by Gasteiger charge is -2.38. The topological polar surface area (TPSA) is 35.6 Å². The predicted octanol–water partition coefficient (Wildman–Crippen LogP) is 2.07. The molecule has 21 heavy (non-hydrogen) atoms. The van der Waals surface area contributed by atoms with Crippen LogP contribution in [-0.2, 0) is 11.2 Å². The van der Waals surface area contributed by atoms with Gasteiger partial charge >= 0.3 is 0 Å². The van der Waals surface area contributed by atoms with E-state index in [0.29, 0.717) is 6.54 Å². The summed E-state index contributed by atoms with van der Waals surface area (Å²) >= 11 is 0. The highest BCUT2D eigenvalue weighted by atomic mass is 16.2. The lowest BCUT2D eigenvalue weighted by Crippen LogP contribution is -2.49. The minimum absolute atomic E-state index is 0.0885. The first-order valence-corrected chi connectivity index (χ1v) is 7.82. The fraction of sp³-hybridized carbons (Fsp3) is 0.588. The van der Waals surface area contributed by atoms with Gasteiger partial charge in [-0.15, -0.1) is 0 Å². The van der Waals surface area contributed by atoms with Crippen molar-refractivity contribution in [1.82, 2.24) is 9.80 Å². The quantitative estimate of drug-likeness (QED) is 0.835. The Morgan fingerprint density at radius 3 is 2.52 bits per heavy atom. The molecule has 2 rings (SSSR count). The maximum absolute atomic E-state index is 12.0. The molecular weight excluding hydrogens is 262 g/mol. The van der Waals surface area contributed by atoms with Gasteiger partial charge in [0, 0.05) is 25.3 Å². The van der Waals surface area contributed by atoms with E-state index in [-0.39, 0.29) is 5.91 Å². The Labute approximate surface area is 128 Å². The van der Waals surface area contributed by atoms with Gasteiger partial charge in [-0.25, -0.2) is 0 Å². The maximum atomic E-state index is 12.0. The van der Waals surface area contributed by atoms with Gasteiger partial charge in [0.2, 0.25) is 5.91 Å². The van der Waals surface area contributed by atoms with Crippen LogP contribution in [0.25, 0.3) is 0 Å². The summed E-state index contributed by atoms with van der Waals surface area (Å²) in [6, 6.07) is 8.17. The molecule has 0 unspecified atom stereocenters. The van der Waals surface area contributed by atoms with E-state index >= 15 is 0 Å². The minimum Gasteiger partial charge on any atom is -0.325 e. The highest BCUT2D eigenvalue weighted by Crippen LogP contribution is 2.18. The third-order valence-corrected chi connectivity index (χ3v) is 4.06. The van der Waals surface area contributed by atoms with E-state index in [4.69, 9.17) is 0 Å². The molecule has 1 aliphatic heterocycles. The van der Waals surface area contributed by atoms with E-state index in [9.17, 15) is 4.79 Å². The molecule has 0 aromatic heterocycles. The smallest absolute Gasteiger partial charge is 0.238 e. The second kappa shape index (κ2) is 7.57. The monoisotopic (exact) mass is 289 g/mol. The molecule has 0 radical (unpaired) electrons.